The average molecular weight is 372 g/mol. The van der Waals surface area contributed by atoms with Gasteiger partial charge >= 0.3 is 12.1 Å². The summed E-state index contributed by atoms with van der Waals surface area (Å²) in [6.07, 6.45) is 4.40. The molecule has 144 valence electrons. The standard InChI is InChI=1S/C19H24N4O4/c1-22-11-5-3-6-12(22)10-13(9-11)23-17-14(7-4-8-15(17)26-2)16(21-23)18(24)27-19(20)25/h4,7-8,11-13H,3,5-6,9-10H2,1-2H3,(H2,20,25). The van der Waals surface area contributed by atoms with Crippen molar-refractivity contribution in [2.75, 3.05) is 14.2 Å². The number of piperidine rings is 2. The first-order valence-electron chi connectivity index (χ1n) is 9.28. The van der Waals surface area contributed by atoms with Crippen LogP contribution in [0.25, 0.3) is 10.9 Å². The molecular formula is C19H24N4O4. The van der Waals surface area contributed by atoms with Gasteiger partial charge in [0.15, 0.2) is 5.69 Å². The Balaban J connectivity index is 1.80. The summed E-state index contributed by atoms with van der Waals surface area (Å²) in [5.74, 6) is -0.199. The van der Waals surface area contributed by atoms with Crippen LogP contribution in [0.1, 0.15) is 48.6 Å². The summed E-state index contributed by atoms with van der Waals surface area (Å²) >= 11 is 0. The van der Waals surface area contributed by atoms with Crippen LogP contribution in [0.3, 0.4) is 0 Å². The molecule has 3 heterocycles. The van der Waals surface area contributed by atoms with Crippen molar-refractivity contribution in [2.24, 2.45) is 5.73 Å². The van der Waals surface area contributed by atoms with Crippen LogP contribution in [0, 0.1) is 0 Å². The maximum atomic E-state index is 12.4. The second kappa shape index (κ2) is 6.84. The lowest BCUT2D eigenvalue weighted by Gasteiger charge is -2.47. The summed E-state index contributed by atoms with van der Waals surface area (Å²) in [5, 5.41) is 5.16. The number of esters is 1. The zero-order valence-corrected chi connectivity index (χ0v) is 15.6. The molecular weight excluding hydrogens is 348 g/mol. The second-order valence-corrected chi connectivity index (χ2v) is 7.39. The van der Waals surface area contributed by atoms with Gasteiger partial charge in [-0.2, -0.15) is 5.10 Å². The Morgan fingerprint density at radius 2 is 1.89 bits per heavy atom. The van der Waals surface area contributed by atoms with Crippen molar-refractivity contribution in [3.05, 3.63) is 23.9 Å². The number of amides is 1. The van der Waals surface area contributed by atoms with Gasteiger partial charge in [-0.25, -0.2) is 9.59 Å². The van der Waals surface area contributed by atoms with Crippen molar-refractivity contribution >= 4 is 23.0 Å². The molecule has 2 aliphatic rings. The van der Waals surface area contributed by atoms with Crippen LogP contribution < -0.4 is 10.5 Å². The summed E-state index contributed by atoms with van der Waals surface area (Å²) in [6.45, 7) is 0. The number of carbonyl (C=O) groups is 2. The molecule has 2 atom stereocenters. The molecule has 0 spiro atoms. The second-order valence-electron chi connectivity index (χ2n) is 7.39. The topological polar surface area (TPSA) is 99.7 Å². The Labute approximate surface area is 157 Å². The van der Waals surface area contributed by atoms with E-state index in [0.29, 0.717) is 23.2 Å². The highest BCUT2D eigenvalue weighted by Crippen LogP contribution is 2.41. The van der Waals surface area contributed by atoms with Crippen molar-refractivity contribution in [3.63, 3.8) is 0 Å². The predicted molar refractivity (Wildman–Crippen MR) is 98.7 cm³/mol. The number of fused-ring (bicyclic) bond motifs is 3. The van der Waals surface area contributed by atoms with Gasteiger partial charge in [-0.15, -0.1) is 0 Å². The van der Waals surface area contributed by atoms with Gasteiger partial charge in [-0.3, -0.25) is 4.68 Å². The predicted octanol–water partition coefficient (Wildman–Crippen LogP) is 2.47. The lowest BCUT2D eigenvalue weighted by molar-refractivity contribution is 0.0376. The zero-order chi connectivity index (χ0) is 19.1. The molecule has 0 radical (unpaired) electrons. The van der Waals surface area contributed by atoms with Crippen LogP contribution in [-0.4, -0.2) is 53.0 Å². The summed E-state index contributed by atoms with van der Waals surface area (Å²) in [4.78, 5) is 25.9. The Morgan fingerprint density at radius 1 is 1.19 bits per heavy atom. The van der Waals surface area contributed by atoms with E-state index in [1.54, 1.807) is 19.2 Å². The fraction of sp³-hybridized carbons (Fsp3) is 0.526. The Hall–Kier alpha value is -2.61. The fourth-order valence-electron chi connectivity index (χ4n) is 4.67. The van der Waals surface area contributed by atoms with Gasteiger partial charge in [0.05, 0.1) is 13.2 Å². The number of methoxy groups -OCH3 is 1. The monoisotopic (exact) mass is 372 g/mol. The van der Waals surface area contributed by atoms with Gasteiger partial charge in [0.25, 0.3) is 0 Å². The van der Waals surface area contributed by atoms with E-state index in [1.165, 1.54) is 19.3 Å². The van der Waals surface area contributed by atoms with E-state index in [0.717, 1.165) is 18.4 Å². The normalized spacial score (nSPS) is 25.3. The van der Waals surface area contributed by atoms with Crippen LogP contribution >= 0.6 is 0 Å². The number of carbonyl (C=O) groups excluding carboxylic acids is 2. The van der Waals surface area contributed by atoms with Gasteiger partial charge in [-0.05, 0) is 38.8 Å². The van der Waals surface area contributed by atoms with Crippen molar-refractivity contribution in [3.8, 4) is 5.75 Å². The number of nitrogens with zero attached hydrogens (tertiary/aromatic N) is 3. The summed E-state index contributed by atoms with van der Waals surface area (Å²) in [7, 11) is 3.79. The highest BCUT2D eigenvalue weighted by Gasteiger charge is 2.38. The maximum absolute atomic E-state index is 12.4. The summed E-state index contributed by atoms with van der Waals surface area (Å²) in [5.41, 5.74) is 5.85. The Bertz CT molecular complexity index is 879. The van der Waals surface area contributed by atoms with E-state index in [1.807, 2.05) is 10.7 Å². The molecule has 0 aliphatic carbocycles. The number of hydrogen-bond acceptors (Lipinski definition) is 6. The number of benzene rings is 1. The SMILES string of the molecule is COc1cccc2c(C(=O)OC(N)=O)nn(C3CC4CCCC(C3)N4C)c12. The van der Waals surface area contributed by atoms with Gasteiger partial charge < -0.3 is 20.1 Å². The third kappa shape index (κ3) is 3.03. The van der Waals surface area contributed by atoms with E-state index in [9.17, 15) is 9.59 Å². The molecule has 27 heavy (non-hydrogen) atoms. The molecule has 8 heteroatoms. The minimum absolute atomic E-state index is 0.0896. The van der Waals surface area contributed by atoms with Crippen LogP contribution in [0.2, 0.25) is 0 Å². The molecule has 1 amide bonds. The molecule has 0 saturated carbocycles. The molecule has 2 bridgehead atoms. The van der Waals surface area contributed by atoms with Gasteiger partial charge in [0.2, 0.25) is 0 Å². The number of nitrogens with two attached hydrogens (primary N) is 1. The van der Waals surface area contributed by atoms with Crippen LogP contribution in [0.15, 0.2) is 18.2 Å². The third-order valence-electron chi connectivity index (χ3n) is 5.96. The van der Waals surface area contributed by atoms with Crippen molar-refractivity contribution in [1.29, 1.82) is 0 Å². The Kier molecular flexibility index (Phi) is 4.51. The summed E-state index contributed by atoms with van der Waals surface area (Å²) < 4.78 is 12.0. The third-order valence-corrected chi connectivity index (χ3v) is 5.96. The van der Waals surface area contributed by atoms with E-state index in [-0.39, 0.29) is 11.7 Å². The van der Waals surface area contributed by atoms with Gasteiger partial charge in [-0.1, -0.05) is 18.6 Å². The molecule has 8 nitrogen and oxygen atoms in total. The van der Waals surface area contributed by atoms with E-state index in [2.05, 4.69) is 21.8 Å². The lowest BCUT2D eigenvalue weighted by Crippen LogP contribution is -2.50. The molecule has 2 fully saturated rings. The number of rotatable bonds is 3. The lowest BCUT2D eigenvalue weighted by atomic mass is 9.82. The number of aromatic nitrogens is 2. The van der Waals surface area contributed by atoms with Gasteiger partial charge in [0.1, 0.15) is 11.3 Å². The minimum Gasteiger partial charge on any atom is -0.494 e. The largest absolute Gasteiger partial charge is 0.494 e. The van der Waals surface area contributed by atoms with Crippen molar-refractivity contribution in [1.82, 2.24) is 14.7 Å². The first kappa shape index (κ1) is 17.8. The minimum atomic E-state index is -1.14. The summed E-state index contributed by atoms with van der Waals surface area (Å²) in [6, 6.07) is 6.60. The van der Waals surface area contributed by atoms with E-state index in [4.69, 9.17) is 10.5 Å². The number of para-hydroxylation sites is 1. The molecule has 2 aliphatic heterocycles. The number of hydrogen-bond donors (Lipinski definition) is 1. The molecule has 2 aromatic rings. The average Bonchev–Trinajstić information content (AvgIpc) is 3.01. The van der Waals surface area contributed by atoms with Gasteiger partial charge in [0, 0.05) is 17.5 Å². The molecule has 2 N–H and O–H groups in total. The smallest absolute Gasteiger partial charge is 0.412 e. The molecule has 2 saturated heterocycles. The molecule has 1 aromatic heterocycles. The molecule has 1 aromatic carbocycles. The van der Waals surface area contributed by atoms with Crippen LogP contribution in [-0.2, 0) is 4.74 Å². The molecule has 4 rings (SSSR count). The van der Waals surface area contributed by atoms with E-state index >= 15 is 0 Å². The highest BCUT2D eigenvalue weighted by atomic mass is 16.6. The van der Waals surface area contributed by atoms with Crippen LogP contribution in [0.5, 0.6) is 5.75 Å². The Morgan fingerprint density at radius 3 is 2.52 bits per heavy atom. The maximum Gasteiger partial charge on any atom is 0.412 e. The highest BCUT2D eigenvalue weighted by molar-refractivity contribution is 6.06. The van der Waals surface area contributed by atoms with E-state index < -0.39 is 12.1 Å². The first-order valence-corrected chi connectivity index (χ1v) is 9.28. The first-order chi connectivity index (χ1) is 13.0. The fourth-order valence-corrected chi connectivity index (χ4v) is 4.67. The van der Waals surface area contributed by atoms with Crippen LogP contribution in [0.4, 0.5) is 4.79 Å². The molecule has 2 unspecified atom stereocenters. The van der Waals surface area contributed by atoms with Crippen molar-refractivity contribution < 1.29 is 19.1 Å². The number of ether oxygens (including phenoxy) is 2. The zero-order valence-electron chi connectivity index (χ0n) is 15.6. The number of primary amides is 1. The van der Waals surface area contributed by atoms with Crippen molar-refractivity contribution in [2.45, 2.75) is 50.2 Å². The quantitative estimate of drug-likeness (QED) is 0.656.